The summed E-state index contributed by atoms with van der Waals surface area (Å²) in [5, 5.41) is 14.6. The second-order valence-electron chi connectivity index (χ2n) is 19.9. The summed E-state index contributed by atoms with van der Waals surface area (Å²) >= 11 is 0. The summed E-state index contributed by atoms with van der Waals surface area (Å²) in [6.45, 7) is 2.16. The number of alkyl halides is 1. The first-order valence-electron chi connectivity index (χ1n) is 25.6. The van der Waals surface area contributed by atoms with E-state index in [1.807, 2.05) is 0 Å². The van der Waals surface area contributed by atoms with Crippen molar-refractivity contribution in [1.82, 2.24) is 0 Å². The summed E-state index contributed by atoms with van der Waals surface area (Å²) in [6, 6.07) is 63.3. The fourth-order valence-electron chi connectivity index (χ4n) is 9.91. The van der Waals surface area contributed by atoms with E-state index >= 15 is 43.9 Å². The average molecular weight is 1250 g/mol. The van der Waals surface area contributed by atoms with E-state index in [0.717, 1.165) is 19.6 Å². The van der Waals surface area contributed by atoms with Crippen LogP contribution in [0.15, 0.2) is 205 Å². The number of benzene rings is 9. The van der Waals surface area contributed by atoms with Crippen LogP contribution in [-0.2, 0) is 11.1 Å². The molecule has 1 atom stereocenters. The van der Waals surface area contributed by atoms with Gasteiger partial charge in [0.1, 0.15) is 11.2 Å². The molecular formula is C65H40BF19O2Si. The fraction of sp³-hybridized carbons (Fsp3) is 0.0769. The molecule has 88 heavy (non-hydrogen) atoms. The van der Waals surface area contributed by atoms with Crippen molar-refractivity contribution in [2.45, 2.75) is 30.7 Å². The smallest absolute Gasteiger partial charge is 0.213 e. The fourth-order valence-corrected chi connectivity index (χ4v) is 11.5. The van der Waals surface area contributed by atoms with E-state index in [1.54, 1.807) is 0 Å². The number of halogens is 19. The van der Waals surface area contributed by atoms with Gasteiger partial charge in [-0.25, -0.2) is 83.4 Å². The third kappa shape index (κ3) is 12.1. The maximum atomic E-state index is 17.9. The zero-order valence-electron chi connectivity index (χ0n) is 45.5. The lowest BCUT2D eigenvalue weighted by Crippen LogP contribution is -2.56. The Hall–Kier alpha value is -8.93. The number of hydrogen-bond acceptors (Lipinski definition) is 2. The van der Waals surface area contributed by atoms with E-state index in [4.69, 9.17) is 10.0 Å². The zero-order valence-corrected chi connectivity index (χ0v) is 46.5. The minimum Gasteiger partial charge on any atom is -0.896 e. The average Bonchev–Trinajstić information content (AvgIpc) is 0.668. The summed E-state index contributed by atoms with van der Waals surface area (Å²) in [5.41, 5.74) is -15.9. The normalized spacial score (nSPS) is 14.4. The molecule has 2 nitrogen and oxygen atoms in total. The molecule has 0 saturated heterocycles. The summed E-state index contributed by atoms with van der Waals surface area (Å²) in [6.07, 6.45) is 0. The van der Waals surface area contributed by atoms with Crippen LogP contribution in [0.1, 0.15) is 50.1 Å². The Morgan fingerprint density at radius 3 is 0.670 bits per heavy atom. The van der Waals surface area contributed by atoms with Crippen molar-refractivity contribution in [3.05, 3.63) is 354 Å². The van der Waals surface area contributed by atoms with E-state index < -0.39 is 153 Å². The van der Waals surface area contributed by atoms with E-state index in [0.29, 0.717) is 0 Å². The van der Waals surface area contributed by atoms with Crippen LogP contribution in [0.5, 0.6) is 0 Å². The van der Waals surface area contributed by atoms with Gasteiger partial charge in [-0.2, -0.15) is 0 Å². The Kier molecular flexibility index (Phi) is 20.7. The molecule has 0 radical (unpaired) electrons. The van der Waals surface area contributed by atoms with Gasteiger partial charge in [-0.05, 0) is 146 Å². The molecule has 0 N–H and O–H groups in total. The Morgan fingerprint density at radius 2 is 0.477 bits per heavy atom. The van der Waals surface area contributed by atoms with Gasteiger partial charge < -0.3 is 10.0 Å². The predicted molar refractivity (Wildman–Crippen MR) is 290 cm³/mol. The largest absolute Gasteiger partial charge is 0.896 e. The highest BCUT2D eigenvalue weighted by molar-refractivity contribution is 6.84. The van der Waals surface area contributed by atoms with Gasteiger partial charge in [0.15, 0.2) is 81.5 Å². The Labute approximate surface area is 492 Å². The summed E-state index contributed by atoms with van der Waals surface area (Å²) in [7, 11) is -5.56. The predicted octanol–water partition coefficient (Wildman–Crippen LogP) is 16.6. The number of allylic oxidation sites excluding steroid dienone is 4. The van der Waals surface area contributed by atoms with Crippen LogP contribution in [0, 0.1) is 99.1 Å². The number of hydrogen-bond donors (Lipinski definition) is 0. The molecule has 0 bridgehead atoms. The molecule has 10 rings (SSSR count). The highest BCUT2D eigenvalue weighted by atomic mass is 28.3. The van der Waals surface area contributed by atoms with Crippen molar-refractivity contribution in [1.29, 1.82) is 0 Å². The Bertz CT molecular complexity index is 3550. The standard InChI is InChI=1S/C27H9F19Si.2C19H15.BHO2/c1-47(2,3)23-22(43)24(44)26(4-7(28)13(34)19(40)14(35)8(4)29,5-9(30)15(36)20(41)16(37)10(5)31)27(46,25(23)45)6-11(32)17(38)21(42)18(39)12(6)33;2*1-4-10-16(11-5-1)19(17-12-6-2-7-13-17)18-14-8-3-9-15-18;2-1-3/h1-3H3;2*1-15H;1H/q;2*+1;-2. The molecule has 0 aliphatic heterocycles. The first-order valence-corrected chi connectivity index (χ1v) is 29.1. The molecule has 0 spiro atoms. The lowest BCUT2D eigenvalue weighted by atomic mass is 9.57. The summed E-state index contributed by atoms with van der Waals surface area (Å²) in [5.74, 6) is -60.4. The van der Waals surface area contributed by atoms with Gasteiger partial charge in [0.05, 0.1) is 70.0 Å². The first kappa shape index (κ1) is 66.6. The Balaban J connectivity index is 0.000000218. The van der Waals surface area contributed by atoms with Crippen molar-refractivity contribution in [2.24, 2.45) is 0 Å². The van der Waals surface area contributed by atoms with Crippen LogP contribution in [0.3, 0.4) is 0 Å². The molecule has 0 heterocycles. The van der Waals surface area contributed by atoms with Crippen molar-refractivity contribution in [2.75, 3.05) is 0 Å². The van der Waals surface area contributed by atoms with Gasteiger partial charge in [0.2, 0.25) is 23.1 Å². The van der Waals surface area contributed by atoms with Crippen molar-refractivity contribution < 1.29 is 93.5 Å². The summed E-state index contributed by atoms with van der Waals surface area (Å²) < 4.78 is 289. The van der Waals surface area contributed by atoms with Crippen LogP contribution < -0.4 is 10.0 Å². The molecule has 9 aromatic carbocycles. The quantitative estimate of drug-likeness (QED) is 0.0342. The van der Waals surface area contributed by atoms with Crippen LogP contribution in [-0.4, -0.2) is 15.8 Å². The third-order valence-electron chi connectivity index (χ3n) is 13.6. The lowest BCUT2D eigenvalue weighted by Gasteiger charge is -2.48. The molecule has 1 aliphatic rings. The molecule has 0 aromatic heterocycles. The SMILES string of the molecule is C[Si](C)(C)C1=C(F)C(F)(c2c(F)c(F)c(F)c(F)c2F)C(c2c(F)c(F)c(F)c(F)c2F)(c2c(F)c(F)c(F)c(F)c2F)C(F)=C1F.[O-]B[O-].c1ccc([C+](c2ccccc2)c2ccccc2)cc1.c1ccc([C+](c2ccccc2)c2ccccc2)cc1. The molecule has 9 aromatic rings. The highest BCUT2D eigenvalue weighted by Crippen LogP contribution is 2.67. The van der Waals surface area contributed by atoms with Crippen LogP contribution >= 0.6 is 0 Å². The molecule has 1 aliphatic carbocycles. The third-order valence-corrected chi connectivity index (χ3v) is 15.6. The molecule has 0 amide bonds. The topological polar surface area (TPSA) is 46.1 Å². The highest BCUT2D eigenvalue weighted by Gasteiger charge is 2.73. The maximum Gasteiger partial charge on any atom is 0.213 e. The van der Waals surface area contributed by atoms with Crippen molar-refractivity contribution in [3.8, 4) is 0 Å². The molecule has 0 fully saturated rings. The maximum absolute atomic E-state index is 17.9. The second kappa shape index (κ2) is 27.4. The minimum absolute atomic E-state index is 0.720. The van der Waals surface area contributed by atoms with Crippen molar-refractivity contribution in [3.63, 3.8) is 0 Å². The van der Waals surface area contributed by atoms with Crippen molar-refractivity contribution >= 4 is 15.8 Å². The van der Waals surface area contributed by atoms with Crippen LogP contribution in [0.25, 0.3) is 0 Å². The molecule has 1 unspecified atom stereocenters. The zero-order chi connectivity index (χ0) is 64.7. The van der Waals surface area contributed by atoms with Gasteiger partial charge in [-0.3, -0.25) is 0 Å². The van der Waals surface area contributed by atoms with Gasteiger partial charge in [0, 0.05) is 5.20 Å². The first-order chi connectivity index (χ1) is 41.7. The minimum atomic E-state index is -6.39. The number of rotatable bonds is 10. The van der Waals surface area contributed by atoms with Crippen LogP contribution in [0.4, 0.5) is 83.4 Å². The van der Waals surface area contributed by atoms with Gasteiger partial charge in [0.25, 0.3) is 0 Å². The summed E-state index contributed by atoms with van der Waals surface area (Å²) in [4.78, 5) is 0. The van der Waals surface area contributed by atoms with Gasteiger partial charge in [-0.15, -0.1) is 7.69 Å². The van der Waals surface area contributed by atoms with Gasteiger partial charge in [-0.1, -0.05) is 56.0 Å². The van der Waals surface area contributed by atoms with E-state index in [2.05, 4.69) is 182 Å². The Morgan fingerprint density at radius 1 is 0.295 bits per heavy atom. The van der Waals surface area contributed by atoms with Crippen LogP contribution in [0.2, 0.25) is 19.6 Å². The lowest BCUT2D eigenvalue weighted by molar-refractivity contribution is -0.328. The van der Waals surface area contributed by atoms with E-state index in [1.165, 1.54) is 45.2 Å². The molecule has 0 saturated carbocycles. The molecular weight excluding hydrogens is 1210 g/mol. The monoisotopic (exact) mass is 1250 g/mol. The second-order valence-corrected chi connectivity index (χ2v) is 24.9. The molecule has 452 valence electrons. The van der Waals surface area contributed by atoms with E-state index in [9.17, 15) is 39.5 Å². The van der Waals surface area contributed by atoms with Gasteiger partial charge >= 0.3 is 0 Å². The molecule has 23 heteroatoms. The van der Waals surface area contributed by atoms with E-state index in [-0.39, 0.29) is 0 Å².